The Morgan fingerprint density at radius 2 is 2.16 bits per heavy atom. The molecule has 1 amide bonds. The number of amides is 1. The average Bonchev–Trinajstić information content (AvgIpc) is 3.09. The van der Waals surface area contributed by atoms with Crippen molar-refractivity contribution in [3.63, 3.8) is 0 Å². The molecule has 1 aromatic carbocycles. The number of aromatic nitrogens is 1. The molecule has 0 radical (unpaired) electrons. The third kappa shape index (κ3) is 3.48. The molecule has 0 spiro atoms. The number of furan rings is 1. The number of nitrogens with one attached hydrogen (secondary N) is 1. The molecule has 0 saturated heterocycles. The number of nitrogens with zero attached hydrogens (tertiary/aromatic N) is 2. The van der Waals surface area contributed by atoms with E-state index in [2.05, 4.69) is 16.2 Å². The van der Waals surface area contributed by atoms with Crippen LogP contribution in [-0.4, -0.2) is 24.5 Å². The van der Waals surface area contributed by atoms with Crippen molar-refractivity contribution in [2.75, 3.05) is 18.5 Å². The van der Waals surface area contributed by atoms with Crippen LogP contribution >= 0.6 is 0 Å². The minimum atomic E-state index is -0.231. The van der Waals surface area contributed by atoms with Crippen LogP contribution in [0, 0.1) is 12.3 Å². The zero-order chi connectivity index (χ0) is 17.8. The molecule has 0 aliphatic carbocycles. The standard InChI is InChI=1S/C20H19N3O2/c1-4-11-21-20(24)16-9-10-19(22-13-16)23(3)14(2)18-12-15-7-5-6-8-17(15)25-18/h1,5-10,12-14H,11H2,2-3H3,(H,21,24). The van der Waals surface area contributed by atoms with E-state index in [1.807, 2.05) is 55.3 Å². The molecule has 2 aromatic heterocycles. The maximum absolute atomic E-state index is 11.9. The summed E-state index contributed by atoms with van der Waals surface area (Å²) in [6, 6.07) is 13.5. The minimum absolute atomic E-state index is 0.000941. The molecule has 0 saturated carbocycles. The summed E-state index contributed by atoms with van der Waals surface area (Å²) in [6.45, 7) is 2.25. The highest BCUT2D eigenvalue weighted by Gasteiger charge is 2.18. The lowest BCUT2D eigenvalue weighted by molar-refractivity contribution is 0.0958. The number of hydrogen-bond donors (Lipinski definition) is 1. The molecular formula is C20H19N3O2. The van der Waals surface area contributed by atoms with E-state index < -0.39 is 0 Å². The maximum Gasteiger partial charge on any atom is 0.253 e. The Morgan fingerprint density at radius 3 is 2.84 bits per heavy atom. The fourth-order valence-electron chi connectivity index (χ4n) is 2.56. The fraction of sp³-hybridized carbons (Fsp3) is 0.200. The fourth-order valence-corrected chi connectivity index (χ4v) is 2.56. The SMILES string of the molecule is C#CCNC(=O)c1ccc(N(C)C(C)c2cc3ccccc3o2)nc1. The summed E-state index contributed by atoms with van der Waals surface area (Å²) in [6.07, 6.45) is 6.68. The van der Waals surface area contributed by atoms with Gasteiger partial charge in [-0.2, -0.15) is 0 Å². The number of carbonyl (C=O) groups excluding carboxylic acids is 1. The number of benzene rings is 1. The zero-order valence-electron chi connectivity index (χ0n) is 14.2. The van der Waals surface area contributed by atoms with Crippen LogP contribution in [0.15, 0.2) is 53.1 Å². The lowest BCUT2D eigenvalue weighted by Gasteiger charge is -2.24. The second kappa shape index (κ2) is 7.10. The molecule has 0 aliphatic rings. The first-order valence-corrected chi connectivity index (χ1v) is 7.99. The third-order valence-electron chi connectivity index (χ3n) is 4.16. The largest absolute Gasteiger partial charge is 0.459 e. The molecular weight excluding hydrogens is 314 g/mol. The molecule has 0 fully saturated rings. The van der Waals surface area contributed by atoms with Crippen LogP contribution in [0.25, 0.3) is 11.0 Å². The first-order valence-electron chi connectivity index (χ1n) is 7.99. The maximum atomic E-state index is 11.9. The van der Waals surface area contributed by atoms with Crippen LogP contribution in [-0.2, 0) is 0 Å². The van der Waals surface area contributed by atoms with E-state index in [0.717, 1.165) is 22.5 Å². The number of rotatable bonds is 5. The lowest BCUT2D eigenvalue weighted by atomic mass is 10.2. The summed E-state index contributed by atoms with van der Waals surface area (Å²) in [5.74, 6) is 3.75. The van der Waals surface area contributed by atoms with Crippen molar-refractivity contribution in [2.24, 2.45) is 0 Å². The van der Waals surface area contributed by atoms with Crippen LogP contribution in [0.2, 0.25) is 0 Å². The quantitative estimate of drug-likeness (QED) is 0.727. The third-order valence-corrected chi connectivity index (χ3v) is 4.16. The molecule has 25 heavy (non-hydrogen) atoms. The Hall–Kier alpha value is -3.26. The van der Waals surface area contributed by atoms with Crippen molar-refractivity contribution >= 4 is 22.7 Å². The molecule has 5 heteroatoms. The Kier molecular flexibility index (Phi) is 4.71. The van der Waals surface area contributed by atoms with Gasteiger partial charge in [0.2, 0.25) is 0 Å². The molecule has 126 valence electrons. The topological polar surface area (TPSA) is 58.4 Å². The minimum Gasteiger partial charge on any atom is -0.459 e. The highest BCUT2D eigenvalue weighted by atomic mass is 16.3. The first-order chi connectivity index (χ1) is 12.1. The van der Waals surface area contributed by atoms with Gasteiger partial charge >= 0.3 is 0 Å². The Bertz CT molecular complexity index is 889. The summed E-state index contributed by atoms with van der Waals surface area (Å²) in [5, 5.41) is 3.69. The second-order valence-electron chi connectivity index (χ2n) is 5.77. The van der Waals surface area contributed by atoms with Crippen LogP contribution in [0.3, 0.4) is 0 Å². The van der Waals surface area contributed by atoms with Crippen molar-refractivity contribution in [3.05, 3.63) is 60.0 Å². The number of fused-ring (bicyclic) bond motifs is 1. The van der Waals surface area contributed by atoms with Crippen molar-refractivity contribution in [1.82, 2.24) is 10.3 Å². The number of terminal acetylenes is 1. The van der Waals surface area contributed by atoms with Gasteiger partial charge in [-0.1, -0.05) is 24.1 Å². The van der Waals surface area contributed by atoms with Gasteiger partial charge in [0.05, 0.1) is 18.2 Å². The van der Waals surface area contributed by atoms with Gasteiger partial charge in [-0.25, -0.2) is 4.98 Å². The summed E-state index contributed by atoms with van der Waals surface area (Å²) in [7, 11) is 1.94. The van der Waals surface area contributed by atoms with E-state index in [9.17, 15) is 4.79 Å². The molecule has 3 aromatic rings. The molecule has 3 rings (SSSR count). The second-order valence-corrected chi connectivity index (χ2v) is 5.77. The van der Waals surface area contributed by atoms with Crippen molar-refractivity contribution in [3.8, 4) is 12.3 Å². The number of hydrogen-bond acceptors (Lipinski definition) is 4. The summed E-state index contributed by atoms with van der Waals surface area (Å²) in [4.78, 5) is 18.2. The van der Waals surface area contributed by atoms with Gasteiger partial charge in [-0.05, 0) is 31.2 Å². The average molecular weight is 333 g/mol. The van der Waals surface area contributed by atoms with Gasteiger partial charge in [-0.15, -0.1) is 6.42 Å². The Labute approximate surface area is 146 Å². The Morgan fingerprint density at radius 1 is 1.36 bits per heavy atom. The zero-order valence-corrected chi connectivity index (χ0v) is 14.2. The van der Waals surface area contributed by atoms with Crippen LogP contribution < -0.4 is 10.2 Å². The molecule has 1 atom stereocenters. The highest BCUT2D eigenvalue weighted by molar-refractivity contribution is 5.94. The van der Waals surface area contributed by atoms with Gasteiger partial charge < -0.3 is 14.6 Å². The molecule has 2 heterocycles. The molecule has 1 N–H and O–H groups in total. The number of carbonyl (C=O) groups is 1. The normalized spacial score (nSPS) is 11.7. The predicted molar refractivity (Wildman–Crippen MR) is 98.4 cm³/mol. The number of pyridine rings is 1. The van der Waals surface area contributed by atoms with Gasteiger partial charge in [0.15, 0.2) is 0 Å². The summed E-state index contributed by atoms with van der Waals surface area (Å²) >= 11 is 0. The van der Waals surface area contributed by atoms with Crippen LogP contribution in [0.5, 0.6) is 0 Å². The molecule has 0 aliphatic heterocycles. The van der Waals surface area contributed by atoms with Crippen molar-refractivity contribution in [1.29, 1.82) is 0 Å². The van der Waals surface area contributed by atoms with E-state index in [4.69, 9.17) is 10.8 Å². The summed E-state index contributed by atoms with van der Waals surface area (Å²) < 4.78 is 5.93. The summed E-state index contributed by atoms with van der Waals surface area (Å²) in [5.41, 5.74) is 1.34. The van der Waals surface area contributed by atoms with Crippen molar-refractivity contribution < 1.29 is 9.21 Å². The molecule has 0 bridgehead atoms. The van der Waals surface area contributed by atoms with Gasteiger partial charge in [-0.3, -0.25) is 4.79 Å². The number of anilines is 1. The van der Waals surface area contributed by atoms with E-state index >= 15 is 0 Å². The highest BCUT2D eigenvalue weighted by Crippen LogP contribution is 2.28. The van der Waals surface area contributed by atoms with E-state index in [0.29, 0.717) is 5.56 Å². The first kappa shape index (κ1) is 16.6. The Balaban J connectivity index is 1.76. The van der Waals surface area contributed by atoms with Crippen LogP contribution in [0.1, 0.15) is 29.1 Å². The van der Waals surface area contributed by atoms with E-state index in [1.165, 1.54) is 0 Å². The smallest absolute Gasteiger partial charge is 0.253 e. The number of para-hydroxylation sites is 1. The van der Waals surface area contributed by atoms with E-state index in [-0.39, 0.29) is 18.5 Å². The predicted octanol–water partition coefficient (Wildman–Crippen LogP) is 3.39. The van der Waals surface area contributed by atoms with E-state index in [1.54, 1.807) is 12.3 Å². The molecule has 1 unspecified atom stereocenters. The van der Waals surface area contributed by atoms with Gasteiger partial charge in [0.1, 0.15) is 17.2 Å². The van der Waals surface area contributed by atoms with Gasteiger partial charge in [0.25, 0.3) is 5.91 Å². The monoisotopic (exact) mass is 333 g/mol. The lowest BCUT2D eigenvalue weighted by Crippen LogP contribution is -2.25. The van der Waals surface area contributed by atoms with Crippen molar-refractivity contribution in [2.45, 2.75) is 13.0 Å². The van der Waals surface area contributed by atoms with Crippen LogP contribution in [0.4, 0.5) is 5.82 Å². The van der Waals surface area contributed by atoms with Gasteiger partial charge in [0, 0.05) is 18.6 Å². The molecule has 5 nitrogen and oxygen atoms in total.